The number of benzene rings is 2. The second kappa shape index (κ2) is 8.49. The van der Waals surface area contributed by atoms with Crippen LogP contribution >= 0.6 is 11.3 Å². The molecule has 1 saturated heterocycles. The van der Waals surface area contributed by atoms with E-state index in [2.05, 4.69) is 0 Å². The van der Waals surface area contributed by atoms with Crippen molar-refractivity contribution in [3.05, 3.63) is 82.6 Å². The minimum absolute atomic E-state index is 0.00906. The highest BCUT2D eigenvalue weighted by Crippen LogP contribution is 2.29. The molecule has 150 valence electrons. The fourth-order valence-corrected chi connectivity index (χ4v) is 5.91. The first-order chi connectivity index (χ1) is 14.0. The van der Waals surface area contributed by atoms with Crippen molar-refractivity contribution < 1.29 is 13.2 Å². The van der Waals surface area contributed by atoms with Gasteiger partial charge in [-0.15, -0.1) is 11.3 Å². The third-order valence-corrected chi connectivity index (χ3v) is 7.81. The summed E-state index contributed by atoms with van der Waals surface area (Å²) in [5.41, 5.74) is 2.72. The van der Waals surface area contributed by atoms with Crippen molar-refractivity contribution in [3.8, 4) is 11.1 Å². The molecule has 1 amide bonds. The first-order valence-corrected chi connectivity index (χ1v) is 12.0. The predicted molar refractivity (Wildman–Crippen MR) is 116 cm³/mol. The summed E-state index contributed by atoms with van der Waals surface area (Å²) in [6.07, 6.45) is 0. The Morgan fingerprint density at radius 1 is 0.862 bits per heavy atom. The molecule has 4 rings (SSSR count). The Balaban J connectivity index is 1.43. The highest BCUT2D eigenvalue weighted by atomic mass is 32.2. The van der Waals surface area contributed by atoms with Crippen LogP contribution in [0.4, 0.5) is 0 Å². The average Bonchev–Trinajstić information content (AvgIpc) is 3.24. The number of amides is 1. The second-order valence-corrected chi connectivity index (χ2v) is 9.85. The number of hydrogen-bond donors (Lipinski definition) is 0. The first-order valence-electron chi connectivity index (χ1n) is 9.48. The number of carbonyl (C=O) groups is 1. The third-order valence-electron chi connectivity index (χ3n) is 5.06. The average molecular weight is 427 g/mol. The number of hydrogen-bond acceptors (Lipinski definition) is 4. The van der Waals surface area contributed by atoms with Crippen LogP contribution in [0.1, 0.15) is 15.2 Å². The standard InChI is InChI=1S/C22H22N2O3S2/c25-22(21-20(11-16-28-21)19-9-5-2-6-10-19)23-12-14-24(15-13-23)29(26,27)17-18-7-3-1-4-8-18/h1-11,16H,12-15,17H2. The number of nitrogens with zero attached hydrogens (tertiary/aromatic N) is 2. The van der Waals surface area contributed by atoms with Gasteiger partial charge in [-0.2, -0.15) is 4.31 Å². The van der Waals surface area contributed by atoms with Crippen LogP contribution in [0.5, 0.6) is 0 Å². The van der Waals surface area contributed by atoms with E-state index in [4.69, 9.17) is 0 Å². The lowest BCUT2D eigenvalue weighted by atomic mass is 10.1. The summed E-state index contributed by atoms with van der Waals surface area (Å²) in [4.78, 5) is 15.5. The molecule has 1 fully saturated rings. The normalized spacial score (nSPS) is 15.4. The first kappa shape index (κ1) is 19.8. The molecule has 3 aromatic rings. The number of carbonyl (C=O) groups excluding carboxylic acids is 1. The summed E-state index contributed by atoms with van der Waals surface area (Å²) >= 11 is 1.43. The zero-order chi connectivity index (χ0) is 20.3. The molecule has 1 aliphatic rings. The van der Waals surface area contributed by atoms with Crippen molar-refractivity contribution in [1.29, 1.82) is 0 Å². The SMILES string of the molecule is O=C(c1sccc1-c1ccccc1)N1CCN(S(=O)(=O)Cc2ccccc2)CC1. The van der Waals surface area contributed by atoms with E-state index in [1.54, 1.807) is 4.90 Å². The maximum atomic E-state index is 13.1. The molecule has 0 aliphatic carbocycles. The van der Waals surface area contributed by atoms with Crippen LogP contribution in [-0.2, 0) is 15.8 Å². The zero-order valence-corrected chi connectivity index (χ0v) is 17.5. The van der Waals surface area contributed by atoms with Crippen LogP contribution in [0.2, 0.25) is 0 Å². The van der Waals surface area contributed by atoms with Gasteiger partial charge in [-0.25, -0.2) is 8.42 Å². The van der Waals surface area contributed by atoms with Crippen LogP contribution in [0.3, 0.4) is 0 Å². The maximum Gasteiger partial charge on any atom is 0.264 e. The van der Waals surface area contributed by atoms with Gasteiger partial charge in [0.05, 0.1) is 10.6 Å². The van der Waals surface area contributed by atoms with E-state index in [1.807, 2.05) is 72.1 Å². The van der Waals surface area contributed by atoms with Gasteiger partial charge >= 0.3 is 0 Å². The summed E-state index contributed by atoms with van der Waals surface area (Å²) in [6, 6.07) is 21.0. The molecular formula is C22H22N2O3S2. The highest BCUT2D eigenvalue weighted by molar-refractivity contribution is 7.88. The molecule has 0 unspecified atom stereocenters. The molecule has 7 heteroatoms. The van der Waals surface area contributed by atoms with E-state index in [0.717, 1.165) is 16.7 Å². The van der Waals surface area contributed by atoms with Crippen molar-refractivity contribution in [1.82, 2.24) is 9.21 Å². The topological polar surface area (TPSA) is 57.7 Å². The molecule has 2 aromatic carbocycles. The summed E-state index contributed by atoms with van der Waals surface area (Å²) < 4.78 is 26.9. The third kappa shape index (κ3) is 4.42. The number of piperazine rings is 1. The lowest BCUT2D eigenvalue weighted by Crippen LogP contribution is -2.50. The Labute approximate surface area is 175 Å². The molecule has 0 N–H and O–H groups in total. The molecule has 0 bridgehead atoms. The van der Waals surface area contributed by atoms with Gasteiger partial charge in [-0.05, 0) is 22.6 Å². The predicted octanol–water partition coefficient (Wildman–Crippen LogP) is 3.70. The monoisotopic (exact) mass is 426 g/mol. The Bertz CT molecular complexity index is 1070. The summed E-state index contributed by atoms with van der Waals surface area (Å²) in [5, 5.41) is 1.93. The summed E-state index contributed by atoms with van der Waals surface area (Å²) in [6.45, 7) is 1.46. The van der Waals surface area contributed by atoms with E-state index in [0.29, 0.717) is 31.1 Å². The number of thiophene rings is 1. The van der Waals surface area contributed by atoms with Gasteiger partial charge < -0.3 is 4.90 Å². The van der Waals surface area contributed by atoms with E-state index in [-0.39, 0.29) is 11.7 Å². The molecule has 0 atom stereocenters. The van der Waals surface area contributed by atoms with E-state index in [1.165, 1.54) is 15.6 Å². The molecule has 0 spiro atoms. The Kier molecular flexibility index (Phi) is 5.80. The van der Waals surface area contributed by atoms with Crippen LogP contribution in [0, 0.1) is 0 Å². The molecule has 2 heterocycles. The van der Waals surface area contributed by atoms with Crippen molar-refractivity contribution in [2.75, 3.05) is 26.2 Å². The summed E-state index contributed by atoms with van der Waals surface area (Å²) in [7, 11) is -3.39. The molecule has 0 radical (unpaired) electrons. The Hall–Kier alpha value is -2.48. The highest BCUT2D eigenvalue weighted by Gasteiger charge is 2.30. The number of rotatable bonds is 5. The lowest BCUT2D eigenvalue weighted by molar-refractivity contribution is 0.0703. The van der Waals surface area contributed by atoms with Crippen LogP contribution < -0.4 is 0 Å². The van der Waals surface area contributed by atoms with Crippen molar-refractivity contribution in [3.63, 3.8) is 0 Å². The summed E-state index contributed by atoms with van der Waals surface area (Å²) in [5.74, 6) is -0.0378. The minimum Gasteiger partial charge on any atom is -0.335 e. The molecular weight excluding hydrogens is 404 g/mol. The smallest absolute Gasteiger partial charge is 0.264 e. The maximum absolute atomic E-state index is 13.1. The van der Waals surface area contributed by atoms with Gasteiger partial charge in [-0.1, -0.05) is 60.7 Å². The lowest BCUT2D eigenvalue weighted by Gasteiger charge is -2.34. The molecule has 5 nitrogen and oxygen atoms in total. The Morgan fingerprint density at radius 2 is 1.48 bits per heavy atom. The van der Waals surface area contributed by atoms with Crippen LogP contribution in [-0.4, -0.2) is 49.7 Å². The quantitative estimate of drug-likeness (QED) is 0.625. The molecule has 1 aromatic heterocycles. The van der Waals surface area contributed by atoms with Gasteiger partial charge in [-0.3, -0.25) is 4.79 Å². The van der Waals surface area contributed by atoms with Crippen molar-refractivity contribution in [2.45, 2.75) is 5.75 Å². The van der Waals surface area contributed by atoms with Crippen LogP contribution in [0.25, 0.3) is 11.1 Å². The number of sulfonamides is 1. The van der Waals surface area contributed by atoms with Gasteiger partial charge in [0, 0.05) is 31.7 Å². The van der Waals surface area contributed by atoms with E-state index < -0.39 is 10.0 Å². The molecule has 1 aliphatic heterocycles. The van der Waals surface area contributed by atoms with Gasteiger partial charge in [0.15, 0.2) is 0 Å². The van der Waals surface area contributed by atoms with Gasteiger partial charge in [0.1, 0.15) is 0 Å². The van der Waals surface area contributed by atoms with E-state index in [9.17, 15) is 13.2 Å². The fourth-order valence-electron chi connectivity index (χ4n) is 3.51. The second-order valence-electron chi connectivity index (χ2n) is 6.96. The van der Waals surface area contributed by atoms with Gasteiger partial charge in [0.2, 0.25) is 10.0 Å². The minimum atomic E-state index is -3.39. The zero-order valence-electron chi connectivity index (χ0n) is 15.9. The van der Waals surface area contributed by atoms with Gasteiger partial charge in [0.25, 0.3) is 5.91 Å². The van der Waals surface area contributed by atoms with Crippen LogP contribution in [0.15, 0.2) is 72.1 Å². The largest absolute Gasteiger partial charge is 0.335 e. The van der Waals surface area contributed by atoms with Crippen molar-refractivity contribution >= 4 is 27.3 Å². The molecule has 0 saturated carbocycles. The van der Waals surface area contributed by atoms with E-state index >= 15 is 0 Å². The van der Waals surface area contributed by atoms with Crippen molar-refractivity contribution in [2.24, 2.45) is 0 Å². The fraction of sp³-hybridized carbons (Fsp3) is 0.227. The Morgan fingerprint density at radius 3 is 2.14 bits per heavy atom. The molecule has 29 heavy (non-hydrogen) atoms.